The highest BCUT2D eigenvalue weighted by atomic mass is 32.2. The van der Waals surface area contributed by atoms with Crippen LogP contribution in [-0.4, -0.2) is 79.2 Å². The number of aliphatic hydroxyl groups excluding tert-OH is 1. The van der Waals surface area contributed by atoms with Gasteiger partial charge in [0.2, 0.25) is 10.0 Å². The number of methoxy groups -OCH3 is 1. The molecule has 236 valence electrons. The first-order valence-electron chi connectivity index (χ1n) is 14.6. The fourth-order valence-corrected chi connectivity index (χ4v) is 5.95. The Morgan fingerprint density at radius 2 is 1.80 bits per heavy atom. The summed E-state index contributed by atoms with van der Waals surface area (Å²) in [5, 5.41) is 20.1. The Balaban J connectivity index is 1.47. The minimum atomic E-state index is -3.88. The van der Waals surface area contributed by atoms with Crippen molar-refractivity contribution < 1.29 is 37.7 Å². The van der Waals surface area contributed by atoms with Crippen LogP contribution in [0.5, 0.6) is 5.75 Å². The van der Waals surface area contributed by atoms with Crippen LogP contribution in [0.25, 0.3) is 11.1 Å². The van der Waals surface area contributed by atoms with Crippen molar-refractivity contribution in [2.24, 2.45) is 0 Å². The number of hydrogen-bond donors (Lipinski definition) is 3. The molecule has 2 amide bonds. The van der Waals surface area contributed by atoms with Crippen molar-refractivity contribution in [1.82, 2.24) is 14.6 Å². The number of rotatable bonds is 14. The van der Waals surface area contributed by atoms with Crippen molar-refractivity contribution in [2.45, 2.75) is 50.7 Å². The van der Waals surface area contributed by atoms with Crippen molar-refractivity contribution in [3.05, 3.63) is 83.7 Å². The molecule has 1 saturated carbocycles. The zero-order valence-corrected chi connectivity index (χ0v) is 25.5. The largest absolute Gasteiger partial charge is 0.490 e. The second kappa shape index (κ2) is 15.6. The third-order valence-electron chi connectivity index (χ3n) is 7.57. The molecule has 0 aliphatic heterocycles. The van der Waals surface area contributed by atoms with Gasteiger partial charge in [-0.05, 0) is 67.0 Å². The van der Waals surface area contributed by atoms with Crippen LogP contribution in [0.1, 0.15) is 59.7 Å². The van der Waals surface area contributed by atoms with E-state index in [0.717, 1.165) is 48.8 Å². The number of carbonyl (C=O) groups is 2. The fraction of sp³-hybridized carbons (Fsp3) is 0.406. The number of hydrogen-bond acceptors (Lipinski definition) is 8. The van der Waals surface area contributed by atoms with Gasteiger partial charge in [0.05, 0.1) is 36.7 Å². The normalized spacial score (nSPS) is 14.5. The first-order valence-corrected chi connectivity index (χ1v) is 16.3. The molecule has 1 heterocycles. The highest BCUT2D eigenvalue weighted by Crippen LogP contribution is 2.31. The van der Waals surface area contributed by atoms with E-state index in [-0.39, 0.29) is 37.1 Å². The quantitative estimate of drug-likeness (QED) is 0.236. The van der Waals surface area contributed by atoms with Crippen molar-refractivity contribution in [3.63, 3.8) is 0 Å². The summed E-state index contributed by atoms with van der Waals surface area (Å²) < 4.78 is 37.9. The molecule has 1 aliphatic carbocycles. The molecule has 12 heteroatoms. The lowest BCUT2D eigenvalue weighted by Gasteiger charge is -2.24. The molecule has 1 fully saturated rings. The third-order valence-corrected chi connectivity index (χ3v) is 8.77. The Kier molecular flexibility index (Phi) is 11.7. The second-order valence-corrected chi connectivity index (χ2v) is 12.7. The summed E-state index contributed by atoms with van der Waals surface area (Å²) in [5.41, 5.74) is 3.23. The van der Waals surface area contributed by atoms with E-state index in [2.05, 4.69) is 9.71 Å². The lowest BCUT2D eigenvalue weighted by molar-refractivity contribution is 0.0966. The first-order chi connectivity index (χ1) is 21.1. The summed E-state index contributed by atoms with van der Waals surface area (Å²) >= 11 is 0. The van der Waals surface area contributed by atoms with Crippen LogP contribution in [0.2, 0.25) is 0 Å². The number of nitrogens with one attached hydrogen (secondary N) is 1. The molecule has 0 spiro atoms. The van der Waals surface area contributed by atoms with E-state index in [1.54, 1.807) is 36.5 Å². The standard InChI is InChI=1S/C32H39N3O8S/c1-42-18-19-44(40,41)34-31(37)28-14-13-25(20-30(28)43-27-7-3-2-4-8-27)24-11-9-23(10-12-24)15-17-35(32(38)39)22-29(36)26-6-5-16-33-21-26/h5-6,9-14,16,20-21,27,29,36H,2-4,7-8,15,17-19,22H2,1H3,(H,34,37)(H,38,39)/t29-/m0/s1. The van der Waals surface area contributed by atoms with Gasteiger partial charge in [0, 0.05) is 31.6 Å². The molecule has 3 N–H and O–H groups in total. The van der Waals surface area contributed by atoms with Crippen molar-refractivity contribution in [3.8, 4) is 16.9 Å². The average Bonchev–Trinajstić information content (AvgIpc) is 3.02. The number of benzene rings is 2. The van der Waals surface area contributed by atoms with Crippen molar-refractivity contribution in [2.75, 3.05) is 32.6 Å². The van der Waals surface area contributed by atoms with Crippen LogP contribution in [-0.2, 0) is 21.2 Å². The van der Waals surface area contributed by atoms with Gasteiger partial charge in [0.25, 0.3) is 5.91 Å². The van der Waals surface area contributed by atoms with Gasteiger partial charge in [-0.25, -0.2) is 17.9 Å². The molecular weight excluding hydrogens is 586 g/mol. The van der Waals surface area contributed by atoms with E-state index in [4.69, 9.17) is 9.47 Å². The minimum Gasteiger partial charge on any atom is -0.490 e. The molecule has 0 saturated heterocycles. The Hall–Kier alpha value is -4.00. The maximum absolute atomic E-state index is 13.0. The second-order valence-electron chi connectivity index (χ2n) is 10.8. The summed E-state index contributed by atoms with van der Waals surface area (Å²) in [6.07, 6.45) is 6.28. The smallest absolute Gasteiger partial charge is 0.407 e. The predicted octanol–water partition coefficient (Wildman–Crippen LogP) is 4.42. The van der Waals surface area contributed by atoms with E-state index in [1.165, 1.54) is 18.2 Å². The van der Waals surface area contributed by atoms with E-state index < -0.39 is 28.1 Å². The number of carboxylic acid groups (broad SMARTS) is 1. The van der Waals surface area contributed by atoms with Crippen LogP contribution < -0.4 is 9.46 Å². The summed E-state index contributed by atoms with van der Waals surface area (Å²) in [4.78, 5) is 30.0. The van der Waals surface area contributed by atoms with Crippen LogP contribution >= 0.6 is 0 Å². The maximum Gasteiger partial charge on any atom is 0.407 e. The summed E-state index contributed by atoms with van der Waals surface area (Å²) in [6.45, 7) is 0.0869. The minimum absolute atomic E-state index is 0.0370. The number of nitrogens with zero attached hydrogens (tertiary/aromatic N) is 2. The molecule has 0 unspecified atom stereocenters. The van der Waals surface area contributed by atoms with Crippen LogP contribution in [0, 0.1) is 0 Å². The van der Waals surface area contributed by atoms with Gasteiger partial charge in [-0.2, -0.15) is 0 Å². The predicted molar refractivity (Wildman–Crippen MR) is 165 cm³/mol. The van der Waals surface area contributed by atoms with E-state index in [0.29, 0.717) is 17.7 Å². The van der Waals surface area contributed by atoms with Crippen molar-refractivity contribution >= 4 is 22.0 Å². The maximum atomic E-state index is 13.0. The zero-order valence-electron chi connectivity index (χ0n) is 24.7. The fourth-order valence-electron chi connectivity index (χ4n) is 5.07. The Bertz CT molecular complexity index is 1490. The molecule has 0 radical (unpaired) electrons. The topological polar surface area (TPSA) is 155 Å². The van der Waals surface area contributed by atoms with Gasteiger partial charge >= 0.3 is 6.09 Å². The molecule has 44 heavy (non-hydrogen) atoms. The van der Waals surface area contributed by atoms with Gasteiger partial charge in [0.15, 0.2) is 0 Å². The van der Waals surface area contributed by atoms with Crippen LogP contribution in [0.3, 0.4) is 0 Å². The monoisotopic (exact) mass is 625 g/mol. The van der Waals surface area contributed by atoms with E-state index in [9.17, 15) is 28.2 Å². The van der Waals surface area contributed by atoms with Crippen molar-refractivity contribution in [1.29, 1.82) is 0 Å². The lowest BCUT2D eigenvalue weighted by atomic mass is 9.97. The van der Waals surface area contributed by atoms with Gasteiger partial charge in [0.1, 0.15) is 5.75 Å². The van der Waals surface area contributed by atoms with Gasteiger partial charge in [-0.15, -0.1) is 0 Å². The molecule has 1 atom stereocenters. The Morgan fingerprint density at radius 1 is 1.07 bits per heavy atom. The van der Waals surface area contributed by atoms with E-state index in [1.807, 2.05) is 24.3 Å². The van der Waals surface area contributed by atoms with Gasteiger partial charge < -0.3 is 24.6 Å². The van der Waals surface area contributed by atoms with Gasteiger partial charge in [-0.1, -0.05) is 42.8 Å². The van der Waals surface area contributed by atoms with Crippen LogP contribution in [0.4, 0.5) is 4.79 Å². The Labute approximate surface area is 257 Å². The van der Waals surface area contributed by atoms with Gasteiger partial charge in [-0.3, -0.25) is 9.78 Å². The molecule has 1 aromatic heterocycles. The number of carbonyl (C=O) groups excluding carboxylic acids is 1. The van der Waals surface area contributed by atoms with Crippen LogP contribution in [0.15, 0.2) is 67.0 Å². The number of pyridine rings is 1. The Morgan fingerprint density at radius 3 is 2.45 bits per heavy atom. The van der Waals surface area contributed by atoms with E-state index >= 15 is 0 Å². The lowest BCUT2D eigenvalue weighted by Crippen LogP contribution is -2.35. The molecule has 0 bridgehead atoms. The molecular formula is C32H39N3O8S. The highest BCUT2D eigenvalue weighted by molar-refractivity contribution is 7.90. The summed E-state index contributed by atoms with van der Waals surface area (Å²) in [7, 11) is -2.49. The number of sulfonamides is 1. The molecule has 3 aromatic rings. The first kappa shape index (κ1) is 32.9. The summed E-state index contributed by atoms with van der Waals surface area (Å²) in [6, 6.07) is 16.1. The molecule has 4 rings (SSSR count). The number of amides is 2. The zero-order chi connectivity index (χ0) is 31.5. The molecule has 2 aromatic carbocycles. The third kappa shape index (κ3) is 9.50. The highest BCUT2D eigenvalue weighted by Gasteiger charge is 2.23. The molecule has 1 aliphatic rings. The average molecular weight is 626 g/mol. The molecule has 11 nitrogen and oxygen atoms in total. The summed E-state index contributed by atoms with van der Waals surface area (Å²) in [5.74, 6) is -0.777. The number of ether oxygens (including phenoxy) is 2. The number of aliphatic hydroxyl groups is 1. The number of aromatic nitrogens is 1. The SMILES string of the molecule is COCCS(=O)(=O)NC(=O)c1ccc(-c2ccc(CCN(C[C@H](O)c3cccnc3)C(=O)O)cc2)cc1OC1CCCCC1.